The third-order valence-corrected chi connectivity index (χ3v) is 26.4. The number of benzene rings is 4. The van der Waals surface area contributed by atoms with Crippen LogP contribution in [0, 0.1) is 20.8 Å². The van der Waals surface area contributed by atoms with Gasteiger partial charge in [-0.05, 0) is 279 Å². The zero-order valence-corrected chi connectivity index (χ0v) is 74.7. The Bertz CT molecular complexity index is 6230. The number of aromatic nitrogens is 11. The van der Waals surface area contributed by atoms with Gasteiger partial charge in [0.2, 0.25) is 0 Å². The fourth-order valence-corrected chi connectivity index (χ4v) is 20.4. The molecular formula is C105H124N14O6. The first-order valence-corrected chi connectivity index (χ1v) is 45.0. The predicted molar refractivity (Wildman–Crippen MR) is 499 cm³/mol. The van der Waals surface area contributed by atoms with Crippen molar-refractivity contribution < 1.29 is 30.6 Å². The van der Waals surface area contributed by atoms with E-state index in [4.69, 9.17) is 0 Å². The Kier molecular flexibility index (Phi) is 26.4. The Morgan fingerprint density at radius 1 is 0.400 bits per heavy atom. The smallest absolute Gasteiger partial charge is 0.140 e. The van der Waals surface area contributed by atoms with Crippen molar-refractivity contribution in [3.05, 3.63) is 320 Å². The van der Waals surface area contributed by atoms with Gasteiger partial charge in [-0.25, -0.2) is 4.98 Å². The van der Waals surface area contributed by atoms with Crippen LogP contribution in [-0.2, 0) is 108 Å². The summed E-state index contributed by atoms with van der Waals surface area (Å²) in [5.41, 5.74) is 27.1. The van der Waals surface area contributed by atoms with Crippen LogP contribution in [0.3, 0.4) is 0 Å². The molecule has 0 amide bonds. The molecule has 5 unspecified atom stereocenters. The normalized spacial score (nSPS) is 16.6. The Morgan fingerprint density at radius 2 is 0.840 bits per heavy atom. The molecule has 0 saturated heterocycles. The number of pyridine rings is 6. The Hall–Kier alpha value is -10.9. The van der Waals surface area contributed by atoms with Gasteiger partial charge in [-0.15, -0.1) is 0 Å². The number of fused-ring (bicyclic) bond motifs is 15. The summed E-state index contributed by atoms with van der Waals surface area (Å²) in [7, 11) is 4.30. The average Bonchev–Trinajstić information content (AvgIpc) is 1.58. The summed E-state index contributed by atoms with van der Waals surface area (Å²) in [5.74, 6) is 0. The first-order chi connectivity index (χ1) is 60.3. The van der Waals surface area contributed by atoms with E-state index < -0.39 is 35.6 Å². The maximum Gasteiger partial charge on any atom is 0.140 e. The van der Waals surface area contributed by atoms with E-state index in [2.05, 4.69) is 196 Å². The number of hydrogen-bond acceptors (Lipinski definition) is 15. The molecule has 20 heteroatoms. The SMILES string of the molecule is CCCN1CCc2c(c3cc(C)ccc3n2CC(O)c2cccnc2)C1.CN1CCc2c(c3cc(C(C)(C)O)ccc3n2CC(O)c2ccncc2)C1.CN1Cc2c(n(CC(O)c3ccncc3)c3ncccc23)C(C)(C)C1.Cc1ccc2c(c1)c1c(n2CC(C)(O)c2cccnc2)CCCC1.Cc1ccc2c(c1)c1c(n2CC(O)c2ccncc2)CCCC1. The highest BCUT2D eigenvalue weighted by molar-refractivity contribution is 5.90. The van der Waals surface area contributed by atoms with Crippen molar-refractivity contribution in [3.63, 3.8) is 0 Å². The minimum atomic E-state index is -0.934. The third kappa shape index (κ3) is 19.0. The van der Waals surface area contributed by atoms with E-state index >= 15 is 0 Å². The summed E-state index contributed by atoms with van der Waals surface area (Å²) in [6.07, 6.45) is 29.7. The Morgan fingerprint density at radius 3 is 1.35 bits per heavy atom. The van der Waals surface area contributed by atoms with Gasteiger partial charge in [-0.1, -0.05) is 73.9 Å². The lowest BCUT2D eigenvalue weighted by molar-refractivity contribution is 0.0383. The van der Waals surface area contributed by atoms with E-state index in [-0.39, 0.29) is 5.41 Å². The van der Waals surface area contributed by atoms with Gasteiger partial charge in [0.1, 0.15) is 11.2 Å². The summed E-state index contributed by atoms with van der Waals surface area (Å²) in [6, 6.07) is 49.3. The summed E-state index contributed by atoms with van der Waals surface area (Å²) in [6.45, 7) is 28.6. The molecule has 5 atom stereocenters. The molecule has 20 rings (SSSR count). The van der Waals surface area contributed by atoms with Gasteiger partial charge in [0.25, 0.3) is 0 Å². The molecule has 20 nitrogen and oxygen atoms in total. The number of nitrogens with zero attached hydrogens (tertiary/aromatic N) is 14. The number of aliphatic hydroxyl groups is 6. The second kappa shape index (κ2) is 37.7. The largest absolute Gasteiger partial charge is 0.387 e. The molecule has 0 radical (unpaired) electrons. The molecule has 11 aromatic heterocycles. The van der Waals surface area contributed by atoms with Crippen LogP contribution >= 0.6 is 0 Å². The predicted octanol–water partition coefficient (Wildman–Crippen LogP) is 17.8. The number of likely N-dealkylation sites (N-methyl/N-ethyl adjacent to an activating group) is 2. The van der Waals surface area contributed by atoms with Gasteiger partial charge in [-0.2, -0.15) is 0 Å². The molecule has 5 aliphatic rings. The van der Waals surface area contributed by atoms with Gasteiger partial charge < -0.3 is 63.3 Å². The van der Waals surface area contributed by atoms with Crippen molar-refractivity contribution in [3.8, 4) is 0 Å². The van der Waals surface area contributed by atoms with E-state index in [1.807, 2.05) is 99.8 Å². The number of hydrogen-bond donors (Lipinski definition) is 6. The molecule has 0 saturated carbocycles. The number of aryl methyl sites for hydroxylation is 5. The molecule has 6 N–H and O–H groups in total. The average molecular weight is 1680 g/mol. The van der Waals surface area contributed by atoms with Crippen molar-refractivity contribution >= 4 is 54.6 Å². The lowest BCUT2D eigenvalue weighted by Crippen LogP contribution is -2.41. The van der Waals surface area contributed by atoms with Crippen LogP contribution in [0.15, 0.2) is 214 Å². The minimum Gasteiger partial charge on any atom is -0.387 e. The fraction of sp³-hybridized carbons (Fsp3) is 0.390. The van der Waals surface area contributed by atoms with Gasteiger partial charge >= 0.3 is 0 Å². The first-order valence-electron chi connectivity index (χ1n) is 45.0. The van der Waals surface area contributed by atoms with E-state index in [1.165, 1.54) is 149 Å². The number of rotatable bonds is 18. The Balaban J connectivity index is 0.000000115. The van der Waals surface area contributed by atoms with Crippen molar-refractivity contribution in [1.82, 2.24) is 67.4 Å². The summed E-state index contributed by atoms with van der Waals surface area (Å²) in [4.78, 5) is 32.3. The van der Waals surface area contributed by atoms with Crippen LogP contribution in [-0.4, -0.2) is 138 Å². The van der Waals surface area contributed by atoms with Gasteiger partial charge in [0.05, 0.1) is 62.7 Å². The summed E-state index contributed by atoms with van der Waals surface area (Å²) >= 11 is 0. The second-order valence-corrected chi connectivity index (χ2v) is 37.0. The van der Waals surface area contributed by atoms with Crippen molar-refractivity contribution in [2.24, 2.45) is 0 Å². The lowest BCUT2D eigenvalue weighted by atomic mass is 9.82. The van der Waals surface area contributed by atoms with Gasteiger partial charge in [-0.3, -0.25) is 29.8 Å². The molecule has 4 aromatic carbocycles. The molecule has 125 heavy (non-hydrogen) atoms. The highest BCUT2D eigenvalue weighted by Gasteiger charge is 2.38. The van der Waals surface area contributed by atoms with E-state index in [0.717, 1.165) is 129 Å². The maximum absolute atomic E-state index is 11.1. The zero-order chi connectivity index (χ0) is 87.4. The molecule has 14 heterocycles. The minimum absolute atomic E-state index is 0.000989. The van der Waals surface area contributed by atoms with Gasteiger partial charge in [0.15, 0.2) is 0 Å². The fourth-order valence-electron chi connectivity index (χ4n) is 20.4. The topological polar surface area (TPSA) is 233 Å². The third-order valence-electron chi connectivity index (χ3n) is 26.4. The molecule has 0 spiro atoms. The van der Waals surface area contributed by atoms with Crippen LogP contribution in [0.4, 0.5) is 0 Å². The van der Waals surface area contributed by atoms with Crippen molar-refractivity contribution in [1.29, 1.82) is 0 Å². The summed E-state index contributed by atoms with van der Waals surface area (Å²) < 4.78 is 11.5. The van der Waals surface area contributed by atoms with E-state index in [9.17, 15) is 30.6 Å². The number of aliphatic hydroxyl groups excluding tert-OH is 4. The molecular weight excluding hydrogens is 1550 g/mol. The van der Waals surface area contributed by atoms with Crippen LogP contribution in [0.1, 0.15) is 204 Å². The highest BCUT2D eigenvalue weighted by Crippen LogP contribution is 2.43. The maximum atomic E-state index is 11.1. The lowest BCUT2D eigenvalue weighted by Gasteiger charge is -2.38. The van der Waals surface area contributed by atoms with Crippen molar-refractivity contribution in [2.45, 2.75) is 226 Å². The summed E-state index contributed by atoms with van der Waals surface area (Å²) in [5, 5.41) is 71.0. The molecule has 650 valence electrons. The molecule has 2 aliphatic carbocycles. The molecule has 0 fully saturated rings. The van der Waals surface area contributed by atoms with E-state index in [0.29, 0.717) is 32.7 Å². The van der Waals surface area contributed by atoms with E-state index in [1.54, 1.807) is 62.0 Å². The Labute approximate surface area is 735 Å². The van der Waals surface area contributed by atoms with Gasteiger partial charge in [0, 0.05) is 214 Å². The zero-order valence-electron chi connectivity index (χ0n) is 74.7. The van der Waals surface area contributed by atoms with Crippen LogP contribution in [0.25, 0.3) is 54.6 Å². The highest BCUT2D eigenvalue weighted by atomic mass is 16.3. The molecule has 0 bridgehead atoms. The quantitative estimate of drug-likeness (QED) is 0.0469. The van der Waals surface area contributed by atoms with Crippen LogP contribution < -0.4 is 0 Å². The van der Waals surface area contributed by atoms with Crippen LogP contribution in [0.2, 0.25) is 0 Å². The van der Waals surface area contributed by atoms with Crippen molar-refractivity contribution in [2.75, 3.05) is 40.3 Å². The second-order valence-electron chi connectivity index (χ2n) is 37.0. The molecule has 15 aromatic rings. The standard InChI is InChI=1S/C22H27N3O2.C22H27N3O.C21H24N2O.C20H24N4O.C20H22N2O/c1-22(2,27)16-4-5-19-17(12-16)18-13-24(3)11-8-20(18)25(19)14-21(26)15-6-9-23-10-7-15;1-3-10-24-11-8-21-19(14-24)18-12-16(2)6-7-20(18)25(21)15-22(26)17-5-4-9-23-13-17;1-15-9-10-20-18(12-15)17-7-3-4-8-19(17)23(20)14-21(2,24)16-6-5-11-22-13-16;1-20(2)13-23(3)11-16-15-5-4-8-22-19(15)24(18(16)20)12-17(25)14-6-9-21-10-7-14;1-14-6-7-19-17(12-14)16-4-2-3-5-18(16)22(19)13-20(23)15-8-10-21-11-9-15/h4-7,9-10,12,21,26-27H,8,11,13-14H2,1-3H3;4-7,9,12-13,22,26H,3,8,10-11,14-15H2,1-2H3;5-6,9-13,24H,3-4,7-8,14H2,1-2H3;4-10,17,25H,11-13H2,1-3H3;6-12,20,23H,2-5,13H2,1H3. The first kappa shape index (κ1) is 87.6. The molecule has 3 aliphatic heterocycles. The monoisotopic (exact) mass is 1680 g/mol. The van der Waals surface area contributed by atoms with Crippen LogP contribution in [0.5, 0.6) is 0 Å².